The summed E-state index contributed by atoms with van der Waals surface area (Å²) in [5, 5.41) is 0. The number of benzene rings is 2. The fourth-order valence-electron chi connectivity index (χ4n) is 2.77. The largest absolute Gasteiger partial charge is 0.369 e. The van der Waals surface area contributed by atoms with E-state index in [2.05, 4.69) is 24.9 Å². The average molecular weight is 370 g/mol. The van der Waals surface area contributed by atoms with Gasteiger partial charge in [0.1, 0.15) is 0 Å². The molecule has 0 aliphatic heterocycles. The van der Waals surface area contributed by atoms with Crippen LogP contribution in [0.1, 0.15) is 0 Å². The van der Waals surface area contributed by atoms with Crippen LogP contribution in [-0.4, -0.2) is 45.3 Å². The lowest BCUT2D eigenvalue weighted by molar-refractivity contribution is 0.642. The number of hydrogen-bond acceptors (Lipinski definition) is 5. The van der Waals surface area contributed by atoms with Gasteiger partial charge in [-0.2, -0.15) is 4.98 Å². The smallest absolute Gasteiger partial charge is 0.280 e. The van der Waals surface area contributed by atoms with E-state index < -0.39 is 0 Å². The summed E-state index contributed by atoms with van der Waals surface area (Å²) in [5.74, 6) is 0.187. The topological polar surface area (TPSA) is 87.1 Å². The van der Waals surface area contributed by atoms with Crippen LogP contribution < -0.4 is 5.56 Å². The van der Waals surface area contributed by atoms with Crippen molar-refractivity contribution in [3.05, 3.63) is 71.0 Å². The monoisotopic (exact) mass is 370 g/mol. The molecule has 7 nitrogen and oxygen atoms in total. The minimum atomic E-state index is -0.375. The van der Waals surface area contributed by atoms with Crippen molar-refractivity contribution in [2.75, 3.05) is 14.1 Å². The Labute approximate surface area is 161 Å². The Kier molecular flexibility index (Phi) is 4.63. The number of rotatable bonds is 4. The van der Waals surface area contributed by atoms with E-state index in [4.69, 9.17) is 0 Å². The van der Waals surface area contributed by atoms with E-state index in [1.54, 1.807) is 11.2 Å². The van der Waals surface area contributed by atoms with E-state index >= 15 is 0 Å². The first-order valence-corrected chi connectivity index (χ1v) is 8.75. The second-order valence-electron chi connectivity index (χ2n) is 6.42. The molecule has 28 heavy (non-hydrogen) atoms. The van der Waals surface area contributed by atoms with Crippen molar-refractivity contribution >= 4 is 23.5 Å². The number of aliphatic imine (C=N–C) groups is 1. The number of aromatic amines is 1. The molecule has 2 aromatic carbocycles. The van der Waals surface area contributed by atoms with E-state index in [1.807, 2.05) is 74.8 Å². The Hall–Kier alpha value is -3.87. The Morgan fingerprint density at radius 3 is 2.00 bits per heavy atom. The first-order chi connectivity index (χ1) is 13.6. The van der Waals surface area contributed by atoms with Crippen LogP contribution >= 0.6 is 0 Å². The van der Waals surface area contributed by atoms with Gasteiger partial charge in [-0.05, 0) is 0 Å². The van der Waals surface area contributed by atoms with Gasteiger partial charge in [0.05, 0.1) is 17.7 Å². The van der Waals surface area contributed by atoms with Gasteiger partial charge in [-0.15, -0.1) is 0 Å². The van der Waals surface area contributed by atoms with Crippen molar-refractivity contribution in [3.8, 4) is 22.5 Å². The van der Waals surface area contributed by atoms with E-state index in [1.165, 1.54) is 0 Å². The number of nitrogens with zero attached hydrogens (tertiary/aromatic N) is 5. The van der Waals surface area contributed by atoms with Crippen molar-refractivity contribution < 1.29 is 0 Å². The standard InChI is InChI=1S/C21H18N6O/c1-27(2)13-22-21-25-19-18(20(28)26-21)23-16(14-9-5-3-6-10-14)17(24-19)15-11-7-4-8-12-15/h3-13H,1-2H3,(H,24,25,26,28). The fraction of sp³-hybridized carbons (Fsp3) is 0.0952. The van der Waals surface area contributed by atoms with Crippen LogP contribution in [0.5, 0.6) is 0 Å². The van der Waals surface area contributed by atoms with Crippen molar-refractivity contribution in [1.82, 2.24) is 24.8 Å². The summed E-state index contributed by atoms with van der Waals surface area (Å²) < 4.78 is 0. The molecule has 0 radical (unpaired) electrons. The summed E-state index contributed by atoms with van der Waals surface area (Å²) in [4.78, 5) is 34.9. The van der Waals surface area contributed by atoms with Gasteiger partial charge in [-0.25, -0.2) is 15.0 Å². The number of hydrogen-bond donors (Lipinski definition) is 1. The Balaban J connectivity index is 1.99. The maximum absolute atomic E-state index is 12.6. The predicted molar refractivity (Wildman–Crippen MR) is 111 cm³/mol. The molecule has 0 aliphatic carbocycles. The maximum atomic E-state index is 12.6. The SMILES string of the molecule is CN(C)C=Nc1nc2nc(-c3ccccc3)c(-c3ccccc3)nc2c(=O)[nH]1. The molecule has 0 saturated carbocycles. The lowest BCUT2D eigenvalue weighted by Gasteiger charge is -2.10. The van der Waals surface area contributed by atoms with Crippen molar-refractivity contribution in [3.63, 3.8) is 0 Å². The second-order valence-corrected chi connectivity index (χ2v) is 6.42. The van der Waals surface area contributed by atoms with Crippen molar-refractivity contribution in [2.24, 2.45) is 4.99 Å². The van der Waals surface area contributed by atoms with Gasteiger partial charge in [-0.1, -0.05) is 60.7 Å². The van der Waals surface area contributed by atoms with Crippen LogP contribution in [0, 0.1) is 0 Å². The Bertz CT molecular complexity index is 1200. The predicted octanol–water partition coefficient (Wildman–Crippen LogP) is 3.27. The highest BCUT2D eigenvalue weighted by Gasteiger charge is 2.16. The molecule has 0 amide bonds. The molecule has 0 fully saturated rings. The molecule has 0 bridgehead atoms. The molecule has 0 aliphatic rings. The minimum Gasteiger partial charge on any atom is -0.369 e. The Morgan fingerprint density at radius 2 is 1.43 bits per heavy atom. The van der Waals surface area contributed by atoms with Crippen LogP contribution in [-0.2, 0) is 0 Å². The molecule has 0 spiro atoms. The van der Waals surface area contributed by atoms with Crippen molar-refractivity contribution in [1.29, 1.82) is 0 Å². The molecule has 4 aromatic rings. The summed E-state index contributed by atoms with van der Waals surface area (Å²) in [7, 11) is 3.67. The van der Waals surface area contributed by atoms with Gasteiger partial charge >= 0.3 is 0 Å². The quantitative estimate of drug-likeness (QED) is 0.440. The molecule has 7 heteroatoms. The van der Waals surface area contributed by atoms with Gasteiger partial charge in [0, 0.05) is 25.2 Å². The van der Waals surface area contributed by atoms with Crippen LogP contribution in [0.15, 0.2) is 70.5 Å². The zero-order valence-electron chi connectivity index (χ0n) is 15.5. The number of fused-ring (bicyclic) bond motifs is 1. The summed E-state index contributed by atoms with van der Waals surface area (Å²) in [5.41, 5.74) is 3.15. The van der Waals surface area contributed by atoms with Crippen LogP contribution in [0.25, 0.3) is 33.7 Å². The van der Waals surface area contributed by atoms with E-state index in [-0.39, 0.29) is 22.7 Å². The highest BCUT2D eigenvalue weighted by Crippen LogP contribution is 2.29. The van der Waals surface area contributed by atoms with E-state index in [0.29, 0.717) is 11.4 Å². The fourth-order valence-corrected chi connectivity index (χ4v) is 2.77. The molecule has 0 unspecified atom stereocenters. The molecular weight excluding hydrogens is 352 g/mol. The van der Waals surface area contributed by atoms with Gasteiger partial charge in [0.15, 0.2) is 11.2 Å². The van der Waals surface area contributed by atoms with Crippen LogP contribution in [0.3, 0.4) is 0 Å². The molecule has 4 rings (SSSR count). The molecule has 2 heterocycles. The highest BCUT2D eigenvalue weighted by atomic mass is 16.1. The molecule has 138 valence electrons. The maximum Gasteiger partial charge on any atom is 0.280 e. The molecule has 2 aromatic heterocycles. The van der Waals surface area contributed by atoms with Gasteiger partial charge < -0.3 is 4.90 Å². The summed E-state index contributed by atoms with van der Waals surface area (Å²) in [6.45, 7) is 0. The Morgan fingerprint density at radius 1 is 0.857 bits per heavy atom. The average Bonchev–Trinajstić information content (AvgIpc) is 2.73. The van der Waals surface area contributed by atoms with Gasteiger partial charge in [0.2, 0.25) is 5.95 Å². The third-order valence-corrected chi connectivity index (χ3v) is 4.04. The number of H-pyrrole nitrogens is 1. The van der Waals surface area contributed by atoms with Crippen molar-refractivity contribution in [2.45, 2.75) is 0 Å². The molecular formula is C21H18N6O. The summed E-state index contributed by atoms with van der Waals surface area (Å²) in [6.07, 6.45) is 1.56. The van der Waals surface area contributed by atoms with E-state index in [0.717, 1.165) is 11.1 Å². The molecule has 0 saturated heterocycles. The second kappa shape index (κ2) is 7.40. The molecule has 0 atom stereocenters. The normalized spacial score (nSPS) is 11.2. The van der Waals surface area contributed by atoms with Crippen LogP contribution in [0.4, 0.5) is 5.95 Å². The first kappa shape index (κ1) is 17.5. The third-order valence-electron chi connectivity index (χ3n) is 4.04. The highest BCUT2D eigenvalue weighted by molar-refractivity contribution is 5.84. The summed E-state index contributed by atoms with van der Waals surface area (Å²) in [6, 6.07) is 19.4. The summed E-state index contributed by atoms with van der Waals surface area (Å²) >= 11 is 0. The minimum absolute atomic E-state index is 0.183. The van der Waals surface area contributed by atoms with Gasteiger partial charge in [-0.3, -0.25) is 9.78 Å². The first-order valence-electron chi connectivity index (χ1n) is 8.75. The lowest BCUT2D eigenvalue weighted by Crippen LogP contribution is -2.13. The number of aromatic nitrogens is 4. The third kappa shape index (κ3) is 3.50. The molecule has 1 N–H and O–H groups in total. The lowest BCUT2D eigenvalue weighted by atomic mass is 10.0. The van der Waals surface area contributed by atoms with E-state index in [9.17, 15) is 4.79 Å². The van der Waals surface area contributed by atoms with Crippen LogP contribution in [0.2, 0.25) is 0 Å². The number of nitrogens with one attached hydrogen (secondary N) is 1. The zero-order chi connectivity index (χ0) is 19.5. The van der Waals surface area contributed by atoms with Gasteiger partial charge in [0.25, 0.3) is 5.56 Å². The zero-order valence-corrected chi connectivity index (χ0v) is 15.5.